The largest absolute Gasteiger partial charge is 0.370 e. The van der Waals surface area contributed by atoms with Gasteiger partial charge in [-0.2, -0.15) is 11.3 Å². The predicted octanol–water partition coefficient (Wildman–Crippen LogP) is 3.78. The fourth-order valence-corrected chi connectivity index (χ4v) is 3.06. The molecule has 0 radical (unpaired) electrons. The lowest BCUT2D eigenvalue weighted by molar-refractivity contribution is 0.912. The van der Waals surface area contributed by atoms with Crippen molar-refractivity contribution < 1.29 is 0 Å². The third-order valence-electron chi connectivity index (χ3n) is 3.38. The fraction of sp³-hybridized carbons (Fsp3) is 0.267. The number of nitrogens with two attached hydrogens (primary N) is 1. The molecule has 0 saturated heterocycles. The predicted molar refractivity (Wildman–Crippen MR) is 97.2 cm³/mol. The van der Waals surface area contributed by atoms with Crippen molar-refractivity contribution in [2.24, 2.45) is 10.7 Å². The van der Waals surface area contributed by atoms with E-state index in [4.69, 9.17) is 5.73 Å². The van der Waals surface area contributed by atoms with Crippen LogP contribution in [0.15, 0.2) is 40.0 Å². The summed E-state index contributed by atoms with van der Waals surface area (Å²) in [4.78, 5) is 4.35. The maximum Gasteiger partial charge on any atom is 0.193 e. The van der Waals surface area contributed by atoms with Crippen LogP contribution >= 0.6 is 35.3 Å². The van der Waals surface area contributed by atoms with Gasteiger partial charge in [-0.25, -0.2) is 4.99 Å². The lowest BCUT2D eigenvalue weighted by atomic mass is 10.1. The van der Waals surface area contributed by atoms with Crippen LogP contribution in [0.25, 0.3) is 0 Å². The number of rotatable bonds is 3. The highest BCUT2D eigenvalue weighted by molar-refractivity contribution is 14.0. The van der Waals surface area contributed by atoms with Crippen LogP contribution in [0.5, 0.6) is 0 Å². The van der Waals surface area contributed by atoms with Gasteiger partial charge in [0.05, 0.1) is 6.54 Å². The molecule has 20 heavy (non-hydrogen) atoms. The van der Waals surface area contributed by atoms with E-state index in [9.17, 15) is 0 Å². The number of fused-ring (bicyclic) bond motifs is 1. The maximum absolute atomic E-state index is 5.91. The van der Waals surface area contributed by atoms with Crippen LogP contribution in [0.4, 0.5) is 5.69 Å². The minimum Gasteiger partial charge on any atom is -0.370 e. The molecule has 0 bridgehead atoms. The Morgan fingerprint density at radius 3 is 2.90 bits per heavy atom. The van der Waals surface area contributed by atoms with Crippen LogP contribution in [0.2, 0.25) is 0 Å². The van der Waals surface area contributed by atoms with Crippen LogP contribution in [-0.2, 0) is 19.4 Å². The van der Waals surface area contributed by atoms with Crippen molar-refractivity contribution in [1.82, 2.24) is 0 Å². The Kier molecular flexibility index (Phi) is 5.42. The molecule has 1 aromatic carbocycles. The first kappa shape index (κ1) is 15.3. The molecule has 1 aromatic heterocycles. The van der Waals surface area contributed by atoms with Crippen molar-refractivity contribution in [2.45, 2.75) is 25.8 Å². The number of halogens is 1. The van der Waals surface area contributed by atoms with E-state index in [0.29, 0.717) is 12.5 Å². The Morgan fingerprint density at radius 1 is 1.25 bits per heavy atom. The molecule has 0 fully saturated rings. The number of thiophene rings is 1. The lowest BCUT2D eigenvalue weighted by Crippen LogP contribution is -2.22. The van der Waals surface area contributed by atoms with Crippen molar-refractivity contribution in [2.75, 3.05) is 5.32 Å². The van der Waals surface area contributed by atoms with Crippen molar-refractivity contribution in [1.29, 1.82) is 0 Å². The molecule has 0 amide bonds. The molecule has 0 saturated carbocycles. The van der Waals surface area contributed by atoms with Gasteiger partial charge in [0.1, 0.15) is 0 Å². The summed E-state index contributed by atoms with van der Waals surface area (Å²) in [7, 11) is 0. The van der Waals surface area contributed by atoms with Crippen LogP contribution in [0, 0.1) is 0 Å². The molecule has 1 aliphatic rings. The topological polar surface area (TPSA) is 50.4 Å². The van der Waals surface area contributed by atoms with Crippen LogP contribution in [0.1, 0.15) is 23.1 Å². The minimum atomic E-state index is 0. The maximum atomic E-state index is 5.91. The number of nitrogens with one attached hydrogen (secondary N) is 1. The SMILES string of the molecule is I.NC(=NCc1ccsc1)Nc1ccc2c(c1)CCC2. The van der Waals surface area contributed by atoms with Crippen molar-refractivity contribution in [3.63, 3.8) is 0 Å². The Labute approximate surface area is 140 Å². The van der Waals surface area contributed by atoms with Gasteiger partial charge >= 0.3 is 0 Å². The standard InChI is InChI=1S/C15H17N3S.HI/c16-15(17-9-11-6-7-19-10-11)18-14-5-4-12-2-1-3-13(12)8-14;/h4-8,10H,1-3,9H2,(H3,16,17,18);1H. The second kappa shape index (κ2) is 7.08. The van der Waals surface area contributed by atoms with E-state index in [-0.39, 0.29) is 24.0 Å². The van der Waals surface area contributed by atoms with E-state index in [1.165, 1.54) is 36.0 Å². The van der Waals surface area contributed by atoms with Crippen molar-refractivity contribution in [3.8, 4) is 0 Å². The smallest absolute Gasteiger partial charge is 0.193 e. The molecule has 1 aliphatic carbocycles. The normalized spacial score (nSPS) is 13.7. The molecule has 0 aliphatic heterocycles. The molecule has 106 valence electrons. The molecule has 3 nitrogen and oxygen atoms in total. The molecule has 2 aromatic rings. The number of aliphatic imine (C=N–C) groups is 1. The van der Waals surface area contributed by atoms with Gasteiger partial charge in [-0.1, -0.05) is 6.07 Å². The first-order chi connectivity index (χ1) is 9.31. The molecule has 1 heterocycles. The number of hydrogen-bond donors (Lipinski definition) is 2. The van der Waals surface area contributed by atoms with Gasteiger partial charge in [-0.05, 0) is 64.9 Å². The third-order valence-corrected chi connectivity index (χ3v) is 4.12. The van der Waals surface area contributed by atoms with Crippen LogP contribution in [0.3, 0.4) is 0 Å². The summed E-state index contributed by atoms with van der Waals surface area (Å²) in [5, 5.41) is 7.31. The molecular formula is C15H18IN3S. The van der Waals surface area contributed by atoms with Gasteiger partial charge in [0, 0.05) is 5.69 Å². The van der Waals surface area contributed by atoms with E-state index in [1.807, 2.05) is 0 Å². The van der Waals surface area contributed by atoms with Crippen molar-refractivity contribution in [3.05, 3.63) is 51.7 Å². The number of anilines is 1. The summed E-state index contributed by atoms with van der Waals surface area (Å²) >= 11 is 1.68. The summed E-state index contributed by atoms with van der Waals surface area (Å²) < 4.78 is 0. The number of aryl methyl sites for hydroxylation is 2. The molecule has 3 N–H and O–H groups in total. The molecule has 5 heteroatoms. The summed E-state index contributed by atoms with van der Waals surface area (Å²) in [6.45, 7) is 0.632. The first-order valence-corrected chi connectivity index (χ1v) is 7.45. The van der Waals surface area contributed by atoms with Crippen LogP contribution < -0.4 is 11.1 Å². The first-order valence-electron chi connectivity index (χ1n) is 6.51. The summed E-state index contributed by atoms with van der Waals surface area (Å²) in [5.74, 6) is 0.476. The molecule has 0 atom stereocenters. The molecule has 0 spiro atoms. The second-order valence-electron chi connectivity index (χ2n) is 4.80. The number of guanidine groups is 1. The monoisotopic (exact) mass is 399 g/mol. The summed E-state index contributed by atoms with van der Waals surface area (Å²) in [6.07, 6.45) is 3.65. The van der Waals surface area contributed by atoms with Gasteiger partial charge in [-0.15, -0.1) is 24.0 Å². The lowest BCUT2D eigenvalue weighted by Gasteiger charge is -2.07. The van der Waals surface area contributed by atoms with Crippen molar-refractivity contribution >= 4 is 47.0 Å². The van der Waals surface area contributed by atoms with Gasteiger partial charge in [0.15, 0.2) is 5.96 Å². The van der Waals surface area contributed by atoms with E-state index in [1.54, 1.807) is 11.3 Å². The average Bonchev–Trinajstić information content (AvgIpc) is 3.07. The molecule has 0 unspecified atom stereocenters. The second-order valence-corrected chi connectivity index (χ2v) is 5.58. The van der Waals surface area contributed by atoms with E-state index in [0.717, 1.165) is 5.69 Å². The Morgan fingerprint density at radius 2 is 2.10 bits per heavy atom. The average molecular weight is 399 g/mol. The number of hydrogen-bond acceptors (Lipinski definition) is 2. The zero-order chi connectivity index (χ0) is 13.1. The number of nitrogens with zero attached hydrogens (tertiary/aromatic N) is 1. The van der Waals surface area contributed by atoms with E-state index < -0.39 is 0 Å². The summed E-state index contributed by atoms with van der Waals surface area (Å²) in [5.41, 5.74) is 11.1. The van der Waals surface area contributed by atoms with E-state index in [2.05, 4.69) is 45.3 Å². The number of benzene rings is 1. The summed E-state index contributed by atoms with van der Waals surface area (Å²) in [6, 6.07) is 8.53. The fourth-order valence-electron chi connectivity index (χ4n) is 2.40. The van der Waals surface area contributed by atoms with E-state index >= 15 is 0 Å². The van der Waals surface area contributed by atoms with Gasteiger partial charge < -0.3 is 11.1 Å². The highest BCUT2D eigenvalue weighted by Crippen LogP contribution is 2.24. The zero-order valence-electron chi connectivity index (χ0n) is 11.1. The third kappa shape index (κ3) is 3.73. The zero-order valence-corrected chi connectivity index (χ0v) is 14.3. The highest BCUT2D eigenvalue weighted by Gasteiger charge is 2.10. The minimum absolute atomic E-state index is 0. The van der Waals surface area contributed by atoms with Gasteiger partial charge in [0.25, 0.3) is 0 Å². The molecular weight excluding hydrogens is 381 g/mol. The Balaban J connectivity index is 0.00000147. The quantitative estimate of drug-likeness (QED) is 0.469. The molecule has 3 rings (SSSR count). The highest BCUT2D eigenvalue weighted by atomic mass is 127. The van der Waals surface area contributed by atoms with Gasteiger partial charge in [-0.3, -0.25) is 0 Å². The van der Waals surface area contributed by atoms with Crippen LogP contribution in [-0.4, -0.2) is 5.96 Å². The van der Waals surface area contributed by atoms with Gasteiger partial charge in [0.2, 0.25) is 0 Å². The Hall–Kier alpha value is -1.08. The Bertz CT molecular complexity index is 593.